The van der Waals surface area contributed by atoms with Crippen LogP contribution in [0.3, 0.4) is 0 Å². The van der Waals surface area contributed by atoms with Crippen LogP contribution < -0.4 is 11.3 Å². The first-order valence-corrected chi connectivity index (χ1v) is 8.28. The minimum atomic E-state index is -0.901. The van der Waals surface area contributed by atoms with E-state index in [1.807, 2.05) is 17.6 Å². The second kappa shape index (κ2) is 10.6. The zero-order valence-corrected chi connectivity index (χ0v) is 14.7. The van der Waals surface area contributed by atoms with Gasteiger partial charge in [0.05, 0.1) is 0 Å². The van der Waals surface area contributed by atoms with Crippen LogP contribution >= 0.6 is 0 Å². The number of ether oxygens (including phenoxy) is 2. The van der Waals surface area contributed by atoms with Gasteiger partial charge in [-0.3, -0.25) is 10.2 Å². The smallest absolute Gasteiger partial charge is 0.419 e. The highest BCUT2D eigenvalue weighted by molar-refractivity contribution is 5.88. The molecule has 0 radical (unpaired) electrons. The number of carbonyl (C=O) groups excluding carboxylic acids is 3. The number of rotatable bonds is 7. The molecule has 27 heavy (non-hydrogen) atoms. The highest BCUT2D eigenvalue weighted by Gasteiger charge is 2.25. The summed E-state index contributed by atoms with van der Waals surface area (Å²) in [6.07, 6.45) is -1.97. The SMILES string of the molecule is NNC(=O)CCN(C(=O)OCc1ccccc1)C(=O)OCc1ccccc1. The van der Waals surface area contributed by atoms with Crippen LogP contribution in [0.1, 0.15) is 17.5 Å². The third-order valence-electron chi connectivity index (χ3n) is 3.57. The first-order chi connectivity index (χ1) is 13.1. The normalized spacial score (nSPS) is 9.96. The van der Waals surface area contributed by atoms with Gasteiger partial charge < -0.3 is 9.47 Å². The van der Waals surface area contributed by atoms with Crippen LogP contribution in [0.25, 0.3) is 0 Å². The van der Waals surface area contributed by atoms with Gasteiger partial charge in [-0.15, -0.1) is 0 Å². The van der Waals surface area contributed by atoms with Gasteiger partial charge in [0, 0.05) is 13.0 Å². The van der Waals surface area contributed by atoms with Crippen LogP contribution in [0.5, 0.6) is 0 Å². The number of imide groups is 1. The summed E-state index contributed by atoms with van der Waals surface area (Å²) in [6, 6.07) is 18.0. The van der Waals surface area contributed by atoms with Crippen molar-refractivity contribution in [2.45, 2.75) is 19.6 Å². The van der Waals surface area contributed by atoms with Crippen LogP contribution in [0.15, 0.2) is 60.7 Å². The van der Waals surface area contributed by atoms with E-state index >= 15 is 0 Å². The summed E-state index contributed by atoms with van der Waals surface area (Å²) < 4.78 is 10.3. The Morgan fingerprint density at radius 2 is 1.26 bits per heavy atom. The average Bonchev–Trinajstić information content (AvgIpc) is 2.72. The van der Waals surface area contributed by atoms with Crippen LogP contribution in [0.4, 0.5) is 9.59 Å². The molecule has 0 atom stereocenters. The Morgan fingerprint density at radius 1 is 0.815 bits per heavy atom. The van der Waals surface area contributed by atoms with E-state index in [-0.39, 0.29) is 26.2 Å². The molecule has 3 amide bonds. The van der Waals surface area contributed by atoms with Crippen molar-refractivity contribution < 1.29 is 23.9 Å². The summed E-state index contributed by atoms with van der Waals surface area (Å²) in [5.41, 5.74) is 3.48. The molecule has 2 aromatic carbocycles. The van der Waals surface area contributed by atoms with Gasteiger partial charge in [-0.05, 0) is 11.1 Å². The zero-order valence-electron chi connectivity index (χ0n) is 14.7. The van der Waals surface area contributed by atoms with Crippen molar-refractivity contribution in [3.63, 3.8) is 0 Å². The van der Waals surface area contributed by atoms with Gasteiger partial charge in [-0.1, -0.05) is 60.7 Å². The number of amides is 3. The number of hydrogen-bond acceptors (Lipinski definition) is 6. The molecule has 8 nitrogen and oxygen atoms in total. The monoisotopic (exact) mass is 371 g/mol. The van der Waals surface area contributed by atoms with Crippen molar-refractivity contribution in [2.75, 3.05) is 6.54 Å². The number of nitrogens with one attached hydrogen (secondary N) is 1. The fourth-order valence-corrected chi connectivity index (χ4v) is 2.14. The minimum Gasteiger partial charge on any atom is -0.444 e. The van der Waals surface area contributed by atoms with Crippen molar-refractivity contribution in [1.82, 2.24) is 10.3 Å². The van der Waals surface area contributed by atoms with E-state index in [1.54, 1.807) is 48.5 Å². The molecule has 8 heteroatoms. The molecule has 0 aromatic heterocycles. The van der Waals surface area contributed by atoms with Gasteiger partial charge in [0.2, 0.25) is 5.91 Å². The van der Waals surface area contributed by atoms with Crippen LogP contribution in [-0.2, 0) is 27.5 Å². The molecular formula is C19H21N3O5. The molecule has 2 aromatic rings. The second-order valence-electron chi connectivity index (χ2n) is 5.55. The maximum Gasteiger partial charge on any atom is 0.419 e. The number of nitrogens with two attached hydrogens (primary N) is 1. The average molecular weight is 371 g/mol. The first kappa shape index (κ1) is 19.9. The summed E-state index contributed by atoms with van der Waals surface area (Å²) in [4.78, 5) is 36.7. The molecule has 3 N–H and O–H groups in total. The summed E-state index contributed by atoms with van der Waals surface area (Å²) in [5, 5.41) is 0. The van der Waals surface area contributed by atoms with E-state index in [0.717, 1.165) is 16.0 Å². The Hall–Kier alpha value is -3.39. The minimum absolute atomic E-state index is 0.00871. The molecular weight excluding hydrogens is 350 g/mol. The fraction of sp³-hybridized carbons (Fsp3) is 0.211. The van der Waals surface area contributed by atoms with E-state index in [0.29, 0.717) is 0 Å². The fourth-order valence-electron chi connectivity index (χ4n) is 2.14. The third-order valence-corrected chi connectivity index (χ3v) is 3.57. The predicted molar refractivity (Wildman–Crippen MR) is 96.9 cm³/mol. The highest BCUT2D eigenvalue weighted by Crippen LogP contribution is 2.08. The second-order valence-corrected chi connectivity index (χ2v) is 5.55. The van der Waals surface area contributed by atoms with Crippen LogP contribution in [0, 0.1) is 0 Å². The molecule has 0 heterocycles. The number of carbonyl (C=O) groups is 3. The van der Waals surface area contributed by atoms with Crippen molar-refractivity contribution in [1.29, 1.82) is 0 Å². The Kier molecular flexibility index (Phi) is 7.80. The van der Waals surface area contributed by atoms with E-state index in [2.05, 4.69) is 0 Å². The maximum atomic E-state index is 12.3. The van der Waals surface area contributed by atoms with Crippen LogP contribution in [-0.4, -0.2) is 29.5 Å². The lowest BCUT2D eigenvalue weighted by atomic mass is 10.2. The van der Waals surface area contributed by atoms with Crippen molar-refractivity contribution in [3.05, 3.63) is 71.8 Å². The summed E-state index contributed by atoms with van der Waals surface area (Å²) in [5.74, 6) is 4.51. The molecule has 0 fully saturated rings. The first-order valence-electron chi connectivity index (χ1n) is 8.28. The lowest BCUT2D eigenvalue weighted by molar-refractivity contribution is -0.121. The van der Waals surface area contributed by atoms with Crippen LogP contribution in [0.2, 0.25) is 0 Å². The van der Waals surface area contributed by atoms with Gasteiger partial charge in [-0.2, -0.15) is 0 Å². The quantitative estimate of drug-likeness (QED) is 0.439. The number of benzene rings is 2. The Labute approximate surface area is 156 Å². The van der Waals surface area contributed by atoms with Crippen molar-refractivity contribution in [2.24, 2.45) is 5.84 Å². The lowest BCUT2D eigenvalue weighted by Crippen LogP contribution is -2.41. The van der Waals surface area contributed by atoms with Crippen molar-refractivity contribution >= 4 is 18.1 Å². The standard InChI is InChI=1S/C19H21N3O5/c20-21-17(23)11-12-22(18(24)26-13-15-7-3-1-4-8-15)19(25)27-14-16-9-5-2-6-10-16/h1-10H,11-14,20H2,(H,21,23). The van der Waals surface area contributed by atoms with Gasteiger partial charge in [0.1, 0.15) is 13.2 Å². The van der Waals surface area contributed by atoms with Crippen molar-refractivity contribution in [3.8, 4) is 0 Å². The maximum absolute atomic E-state index is 12.3. The molecule has 2 rings (SSSR count). The highest BCUT2D eigenvalue weighted by atomic mass is 16.6. The molecule has 0 unspecified atom stereocenters. The zero-order chi connectivity index (χ0) is 19.5. The largest absolute Gasteiger partial charge is 0.444 e. The van der Waals surface area contributed by atoms with E-state index in [9.17, 15) is 14.4 Å². The Balaban J connectivity index is 1.96. The van der Waals surface area contributed by atoms with Gasteiger partial charge in [0.15, 0.2) is 0 Å². The molecule has 0 aliphatic heterocycles. The summed E-state index contributed by atoms with van der Waals surface area (Å²) in [7, 11) is 0. The van der Waals surface area contributed by atoms with E-state index in [1.165, 1.54) is 0 Å². The summed E-state index contributed by atoms with van der Waals surface area (Å²) in [6.45, 7) is -0.235. The molecule has 0 saturated heterocycles. The predicted octanol–water partition coefficient (Wildman–Crippen LogP) is 2.34. The van der Waals surface area contributed by atoms with Gasteiger partial charge in [-0.25, -0.2) is 20.3 Å². The molecule has 0 spiro atoms. The molecule has 142 valence electrons. The summed E-state index contributed by atoms with van der Waals surface area (Å²) >= 11 is 0. The van der Waals surface area contributed by atoms with Gasteiger partial charge in [0.25, 0.3) is 0 Å². The Bertz CT molecular complexity index is 697. The van der Waals surface area contributed by atoms with Gasteiger partial charge >= 0.3 is 12.2 Å². The molecule has 0 saturated carbocycles. The third kappa shape index (κ3) is 6.79. The molecule has 0 bridgehead atoms. The van der Waals surface area contributed by atoms with E-state index in [4.69, 9.17) is 15.3 Å². The lowest BCUT2D eigenvalue weighted by Gasteiger charge is -2.19. The molecule has 0 aliphatic carbocycles. The number of hydrogen-bond donors (Lipinski definition) is 2. The van der Waals surface area contributed by atoms with E-state index < -0.39 is 18.1 Å². The molecule has 0 aliphatic rings. The topological polar surface area (TPSA) is 111 Å². The number of hydrazine groups is 1. The Morgan fingerprint density at radius 3 is 1.67 bits per heavy atom. The number of nitrogens with zero attached hydrogens (tertiary/aromatic N) is 1.